The molecule has 0 saturated heterocycles. The Morgan fingerprint density at radius 1 is 1.04 bits per heavy atom. The van der Waals surface area contributed by atoms with E-state index in [0.29, 0.717) is 22.4 Å². The summed E-state index contributed by atoms with van der Waals surface area (Å²) < 4.78 is 10.3. The minimum Gasteiger partial charge on any atom is -0.497 e. The first-order valence-corrected chi connectivity index (χ1v) is 7.48. The molecule has 3 rings (SSSR count). The van der Waals surface area contributed by atoms with Crippen molar-refractivity contribution in [1.82, 2.24) is 0 Å². The molecule has 5 heteroatoms. The van der Waals surface area contributed by atoms with E-state index in [1.165, 1.54) is 13.2 Å². The summed E-state index contributed by atoms with van der Waals surface area (Å²) in [5.41, 5.74) is 2.37. The fraction of sp³-hybridized carbons (Fsp3) is 0.158. The Morgan fingerprint density at radius 2 is 1.75 bits per heavy atom. The molecule has 0 aliphatic heterocycles. The lowest BCUT2D eigenvalue weighted by Gasteiger charge is -2.08. The molecule has 1 aromatic heterocycles. The van der Waals surface area contributed by atoms with Crippen LogP contribution in [-0.2, 0) is 0 Å². The summed E-state index contributed by atoms with van der Waals surface area (Å²) >= 11 is 0. The van der Waals surface area contributed by atoms with Gasteiger partial charge < -0.3 is 14.5 Å². The van der Waals surface area contributed by atoms with Crippen molar-refractivity contribution in [3.8, 4) is 5.75 Å². The van der Waals surface area contributed by atoms with Crippen LogP contribution >= 0.6 is 0 Å². The van der Waals surface area contributed by atoms with Gasteiger partial charge >= 0.3 is 5.63 Å². The van der Waals surface area contributed by atoms with Gasteiger partial charge in [0.2, 0.25) is 0 Å². The maximum atomic E-state index is 12.4. The number of methoxy groups -OCH3 is 1. The predicted octanol–water partition coefficient (Wildman–Crippen LogP) is 3.67. The second-order valence-corrected chi connectivity index (χ2v) is 5.68. The Morgan fingerprint density at radius 3 is 2.42 bits per heavy atom. The second kappa shape index (κ2) is 6.20. The number of aryl methyl sites for hydroxylation is 2. The van der Waals surface area contributed by atoms with E-state index in [1.807, 2.05) is 32.0 Å². The molecule has 0 spiro atoms. The van der Waals surface area contributed by atoms with Gasteiger partial charge in [0.15, 0.2) is 0 Å². The van der Waals surface area contributed by atoms with Crippen molar-refractivity contribution in [2.75, 3.05) is 12.4 Å². The summed E-state index contributed by atoms with van der Waals surface area (Å²) in [6.45, 7) is 3.89. The Bertz CT molecular complexity index is 968. The minimum absolute atomic E-state index is 0.0353. The van der Waals surface area contributed by atoms with E-state index in [2.05, 4.69) is 5.32 Å². The normalized spacial score (nSPS) is 10.6. The zero-order chi connectivity index (χ0) is 17.3. The van der Waals surface area contributed by atoms with E-state index < -0.39 is 11.5 Å². The van der Waals surface area contributed by atoms with Gasteiger partial charge in [-0.25, -0.2) is 4.79 Å². The first-order chi connectivity index (χ1) is 11.5. The van der Waals surface area contributed by atoms with Crippen molar-refractivity contribution in [1.29, 1.82) is 0 Å². The molecule has 2 aromatic carbocycles. The summed E-state index contributed by atoms with van der Waals surface area (Å²) in [7, 11) is 1.53. The summed E-state index contributed by atoms with van der Waals surface area (Å²) in [6, 6.07) is 12.3. The average Bonchev–Trinajstić information content (AvgIpc) is 2.52. The predicted molar refractivity (Wildman–Crippen MR) is 92.9 cm³/mol. The number of hydrogen-bond acceptors (Lipinski definition) is 4. The maximum Gasteiger partial charge on any atom is 0.349 e. The number of fused-ring (bicyclic) bond motifs is 1. The third kappa shape index (κ3) is 3.15. The Hall–Kier alpha value is -3.08. The Balaban J connectivity index is 1.97. The first-order valence-electron chi connectivity index (χ1n) is 7.48. The number of rotatable bonds is 3. The number of benzene rings is 2. The lowest BCUT2D eigenvalue weighted by atomic mass is 10.1. The highest BCUT2D eigenvalue weighted by Crippen LogP contribution is 2.21. The highest BCUT2D eigenvalue weighted by atomic mass is 16.5. The Labute approximate surface area is 138 Å². The van der Waals surface area contributed by atoms with Crippen LogP contribution in [-0.4, -0.2) is 13.0 Å². The molecule has 0 aliphatic rings. The first kappa shape index (κ1) is 15.8. The highest BCUT2D eigenvalue weighted by molar-refractivity contribution is 6.05. The van der Waals surface area contributed by atoms with Crippen LogP contribution in [0.1, 0.15) is 21.5 Å². The number of carbonyl (C=O) groups excluding carboxylic acids is 1. The van der Waals surface area contributed by atoms with Gasteiger partial charge in [0.25, 0.3) is 5.91 Å². The summed E-state index contributed by atoms with van der Waals surface area (Å²) in [5.74, 6) is 0.0876. The SMILES string of the molecule is COc1ccc2cc(C(=O)Nc3cc(C)cc(C)c3)c(=O)oc2c1. The molecule has 5 nitrogen and oxygen atoms in total. The molecule has 3 aromatic rings. The van der Waals surface area contributed by atoms with Gasteiger partial charge in [-0.3, -0.25) is 4.79 Å². The van der Waals surface area contributed by atoms with Crippen LogP contribution in [0.15, 0.2) is 51.7 Å². The molecule has 122 valence electrons. The van der Waals surface area contributed by atoms with Gasteiger partial charge in [-0.2, -0.15) is 0 Å². The average molecular weight is 323 g/mol. The number of amides is 1. The molecule has 1 amide bonds. The van der Waals surface area contributed by atoms with Crippen molar-refractivity contribution in [2.45, 2.75) is 13.8 Å². The van der Waals surface area contributed by atoms with E-state index in [-0.39, 0.29) is 5.56 Å². The number of hydrogen-bond donors (Lipinski definition) is 1. The third-order valence-electron chi connectivity index (χ3n) is 3.67. The molecular weight excluding hydrogens is 306 g/mol. The van der Waals surface area contributed by atoms with Crippen molar-refractivity contribution >= 4 is 22.6 Å². The van der Waals surface area contributed by atoms with Crippen molar-refractivity contribution in [3.63, 3.8) is 0 Å². The summed E-state index contributed by atoms with van der Waals surface area (Å²) in [6.07, 6.45) is 0. The molecular formula is C19H17NO4. The van der Waals surface area contributed by atoms with Crippen molar-refractivity contribution in [2.24, 2.45) is 0 Å². The highest BCUT2D eigenvalue weighted by Gasteiger charge is 2.14. The van der Waals surface area contributed by atoms with Crippen LogP contribution in [0, 0.1) is 13.8 Å². The van der Waals surface area contributed by atoms with Crippen molar-refractivity contribution < 1.29 is 13.9 Å². The summed E-state index contributed by atoms with van der Waals surface area (Å²) in [4.78, 5) is 24.6. The van der Waals surface area contributed by atoms with Gasteiger partial charge in [0, 0.05) is 17.1 Å². The zero-order valence-electron chi connectivity index (χ0n) is 13.7. The quantitative estimate of drug-likeness (QED) is 0.747. The second-order valence-electron chi connectivity index (χ2n) is 5.68. The fourth-order valence-corrected chi connectivity index (χ4v) is 2.62. The van der Waals surface area contributed by atoms with Crippen LogP contribution in [0.25, 0.3) is 11.0 Å². The van der Waals surface area contributed by atoms with E-state index >= 15 is 0 Å². The van der Waals surface area contributed by atoms with E-state index in [9.17, 15) is 9.59 Å². The third-order valence-corrected chi connectivity index (χ3v) is 3.67. The van der Waals surface area contributed by atoms with Crippen molar-refractivity contribution in [3.05, 3.63) is 69.6 Å². The summed E-state index contributed by atoms with van der Waals surface area (Å²) in [5, 5.41) is 3.40. The Kier molecular flexibility index (Phi) is 4.08. The van der Waals surface area contributed by atoms with Crippen LogP contribution < -0.4 is 15.7 Å². The monoisotopic (exact) mass is 323 g/mol. The molecule has 0 fully saturated rings. The lowest BCUT2D eigenvalue weighted by molar-refractivity contribution is 0.102. The topological polar surface area (TPSA) is 68.5 Å². The van der Waals surface area contributed by atoms with Gasteiger partial charge in [-0.1, -0.05) is 6.07 Å². The molecule has 0 radical (unpaired) electrons. The van der Waals surface area contributed by atoms with Gasteiger partial charge in [-0.05, 0) is 55.3 Å². The number of carbonyl (C=O) groups is 1. The molecule has 24 heavy (non-hydrogen) atoms. The van der Waals surface area contributed by atoms with E-state index in [0.717, 1.165) is 11.1 Å². The van der Waals surface area contributed by atoms with E-state index in [4.69, 9.17) is 9.15 Å². The van der Waals surface area contributed by atoms with E-state index in [1.54, 1.807) is 18.2 Å². The van der Waals surface area contributed by atoms with Crippen LogP contribution in [0.3, 0.4) is 0 Å². The van der Waals surface area contributed by atoms with Gasteiger partial charge in [-0.15, -0.1) is 0 Å². The van der Waals surface area contributed by atoms with Gasteiger partial charge in [0.1, 0.15) is 16.9 Å². The standard InChI is InChI=1S/C19H17NO4/c1-11-6-12(2)8-14(7-11)20-18(21)16-9-13-4-5-15(23-3)10-17(13)24-19(16)22/h4-10H,1-3H3,(H,20,21). The smallest absolute Gasteiger partial charge is 0.349 e. The van der Waals surface area contributed by atoms with Crippen LogP contribution in [0.5, 0.6) is 5.75 Å². The lowest BCUT2D eigenvalue weighted by Crippen LogP contribution is -2.20. The molecule has 0 bridgehead atoms. The van der Waals surface area contributed by atoms with Crippen LogP contribution in [0.4, 0.5) is 5.69 Å². The molecule has 0 saturated carbocycles. The number of nitrogens with one attached hydrogen (secondary N) is 1. The fourth-order valence-electron chi connectivity index (χ4n) is 2.62. The number of ether oxygens (including phenoxy) is 1. The minimum atomic E-state index is -0.683. The maximum absolute atomic E-state index is 12.4. The van der Waals surface area contributed by atoms with Crippen LogP contribution in [0.2, 0.25) is 0 Å². The molecule has 1 N–H and O–H groups in total. The largest absolute Gasteiger partial charge is 0.497 e. The molecule has 0 aliphatic carbocycles. The zero-order valence-corrected chi connectivity index (χ0v) is 13.7. The van der Waals surface area contributed by atoms with Gasteiger partial charge in [0.05, 0.1) is 7.11 Å². The molecule has 1 heterocycles. The molecule has 0 unspecified atom stereocenters. The molecule has 0 atom stereocenters. The number of anilines is 1.